The summed E-state index contributed by atoms with van der Waals surface area (Å²) in [6.45, 7) is 3.15. The summed E-state index contributed by atoms with van der Waals surface area (Å²) >= 11 is 0. The van der Waals surface area contributed by atoms with Gasteiger partial charge in [0.2, 0.25) is 5.88 Å². The number of nitrogens with zero attached hydrogens (tertiary/aromatic N) is 1. The van der Waals surface area contributed by atoms with E-state index in [1.807, 2.05) is 37.3 Å². The minimum atomic E-state index is -0.0627. The fourth-order valence-corrected chi connectivity index (χ4v) is 1.87. The van der Waals surface area contributed by atoms with E-state index >= 15 is 0 Å². The van der Waals surface area contributed by atoms with Gasteiger partial charge in [0.25, 0.3) is 5.91 Å². The Hall–Kier alpha value is -2.56. The summed E-state index contributed by atoms with van der Waals surface area (Å²) in [6, 6.07) is 11.2. The summed E-state index contributed by atoms with van der Waals surface area (Å²) in [5.41, 5.74) is 2.59. The number of pyridine rings is 1. The zero-order chi connectivity index (χ0) is 15.1. The first-order chi connectivity index (χ1) is 10.2. The molecule has 0 fully saturated rings. The van der Waals surface area contributed by atoms with Crippen molar-refractivity contribution in [1.29, 1.82) is 0 Å². The van der Waals surface area contributed by atoms with Gasteiger partial charge in [-0.15, -0.1) is 0 Å². The smallest absolute Gasteiger partial charge is 0.251 e. The van der Waals surface area contributed by atoms with Gasteiger partial charge in [0.05, 0.1) is 7.11 Å². The predicted octanol–water partition coefficient (Wildman–Crippen LogP) is 2.45. The van der Waals surface area contributed by atoms with Crippen molar-refractivity contribution >= 4 is 11.6 Å². The second kappa shape index (κ2) is 7.28. The van der Waals surface area contributed by atoms with Gasteiger partial charge in [-0.1, -0.05) is 12.1 Å². The Morgan fingerprint density at radius 2 is 2.14 bits per heavy atom. The largest absolute Gasteiger partial charge is 0.481 e. The second-order valence-electron chi connectivity index (χ2n) is 4.50. The lowest BCUT2D eigenvalue weighted by Crippen LogP contribution is -2.22. The molecule has 1 aromatic carbocycles. The first-order valence-corrected chi connectivity index (χ1v) is 6.84. The maximum atomic E-state index is 11.8. The van der Waals surface area contributed by atoms with Crippen LogP contribution in [0.4, 0.5) is 5.69 Å². The molecule has 0 aliphatic rings. The van der Waals surface area contributed by atoms with Crippen molar-refractivity contribution < 1.29 is 9.53 Å². The number of carbonyl (C=O) groups is 1. The van der Waals surface area contributed by atoms with Gasteiger partial charge in [0.1, 0.15) is 0 Å². The number of carbonyl (C=O) groups excluding carboxylic acids is 1. The summed E-state index contributed by atoms with van der Waals surface area (Å²) in [5, 5.41) is 6.06. The molecule has 2 N–H and O–H groups in total. The summed E-state index contributed by atoms with van der Waals surface area (Å²) in [7, 11) is 1.59. The van der Waals surface area contributed by atoms with Crippen molar-refractivity contribution in [3.05, 3.63) is 53.7 Å². The molecule has 0 radical (unpaired) electrons. The number of ether oxygens (including phenoxy) is 1. The fraction of sp³-hybridized carbons (Fsp3) is 0.250. The molecule has 0 aliphatic heterocycles. The molecule has 1 amide bonds. The molecule has 0 bridgehead atoms. The highest BCUT2D eigenvalue weighted by atomic mass is 16.5. The number of nitrogens with one attached hydrogen (secondary N) is 2. The molecular weight excluding hydrogens is 266 g/mol. The summed E-state index contributed by atoms with van der Waals surface area (Å²) in [4.78, 5) is 15.9. The molecule has 2 rings (SSSR count). The van der Waals surface area contributed by atoms with E-state index in [9.17, 15) is 4.79 Å². The Morgan fingerprint density at radius 3 is 2.81 bits per heavy atom. The van der Waals surface area contributed by atoms with Crippen LogP contribution in [0, 0.1) is 0 Å². The van der Waals surface area contributed by atoms with Gasteiger partial charge in [-0.2, -0.15) is 0 Å². The summed E-state index contributed by atoms with van der Waals surface area (Å²) < 4.78 is 5.02. The molecule has 110 valence electrons. The third kappa shape index (κ3) is 4.21. The van der Waals surface area contributed by atoms with Crippen LogP contribution in [0.15, 0.2) is 42.6 Å². The van der Waals surface area contributed by atoms with E-state index in [0.29, 0.717) is 24.5 Å². The van der Waals surface area contributed by atoms with E-state index < -0.39 is 0 Å². The first-order valence-electron chi connectivity index (χ1n) is 6.84. The maximum Gasteiger partial charge on any atom is 0.251 e. The molecular formula is C16H19N3O2. The van der Waals surface area contributed by atoms with E-state index in [1.54, 1.807) is 19.4 Å². The quantitative estimate of drug-likeness (QED) is 0.855. The van der Waals surface area contributed by atoms with Gasteiger partial charge in [-0.3, -0.25) is 4.79 Å². The van der Waals surface area contributed by atoms with Crippen LogP contribution in [0.3, 0.4) is 0 Å². The number of amides is 1. The van der Waals surface area contributed by atoms with Crippen molar-refractivity contribution in [1.82, 2.24) is 10.3 Å². The maximum absolute atomic E-state index is 11.8. The van der Waals surface area contributed by atoms with Crippen molar-refractivity contribution in [2.24, 2.45) is 0 Å². The highest BCUT2D eigenvalue weighted by Gasteiger charge is 2.04. The third-order valence-corrected chi connectivity index (χ3v) is 2.97. The Morgan fingerprint density at radius 1 is 1.29 bits per heavy atom. The van der Waals surface area contributed by atoms with Gasteiger partial charge >= 0.3 is 0 Å². The Balaban J connectivity index is 1.99. The molecule has 1 heterocycles. The Bertz CT molecular complexity index is 597. The second-order valence-corrected chi connectivity index (χ2v) is 4.50. The van der Waals surface area contributed by atoms with Gasteiger partial charge in [0, 0.05) is 36.6 Å². The van der Waals surface area contributed by atoms with Crippen LogP contribution in [-0.2, 0) is 6.54 Å². The van der Waals surface area contributed by atoms with E-state index in [-0.39, 0.29) is 5.91 Å². The monoisotopic (exact) mass is 285 g/mol. The molecule has 5 nitrogen and oxygen atoms in total. The third-order valence-electron chi connectivity index (χ3n) is 2.97. The van der Waals surface area contributed by atoms with Crippen LogP contribution in [0.5, 0.6) is 5.88 Å². The number of anilines is 1. The molecule has 0 spiro atoms. The van der Waals surface area contributed by atoms with Crippen LogP contribution >= 0.6 is 0 Å². The minimum Gasteiger partial charge on any atom is -0.481 e. The number of benzene rings is 1. The normalized spacial score (nSPS) is 10.0. The van der Waals surface area contributed by atoms with Gasteiger partial charge < -0.3 is 15.4 Å². The molecule has 5 heteroatoms. The van der Waals surface area contributed by atoms with Crippen LogP contribution in [0.1, 0.15) is 22.8 Å². The van der Waals surface area contributed by atoms with Crippen LogP contribution in [0.2, 0.25) is 0 Å². The number of methoxy groups -OCH3 is 1. The lowest BCUT2D eigenvalue weighted by atomic mass is 10.2. The van der Waals surface area contributed by atoms with Crippen LogP contribution in [0.25, 0.3) is 0 Å². The van der Waals surface area contributed by atoms with Crippen molar-refractivity contribution in [3.8, 4) is 5.88 Å². The topological polar surface area (TPSA) is 63.2 Å². The molecule has 0 saturated carbocycles. The first kappa shape index (κ1) is 14.8. The van der Waals surface area contributed by atoms with E-state index in [2.05, 4.69) is 15.6 Å². The summed E-state index contributed by atoms with van der Waals surface area (Å²) in [6.07, 6.45) is 1.76. The van der Waals surface area contributed by atoms with E-state index in [1.165, 1.54) is 0 Å². The molecule has 0 saturated heterocycles. The van der Waals surface area contributed by atoms with Crippen LogP contribution in [-0.4, -0.2) is 24.5 Å². The van der Waals surface area contributed by atoms with Gasteiger partial charge in [0.15, 0.2) is 0 Å². The zero-order valence-corrected chi connectivity index (χ0v) is 12.2. The number of rotatable bonds is 6. The average Bonchev–Trinajstić information content (AvgIpc) is 2.54. The average molecular weight is 285 g/mol. The minimum absolute atomic E-state index is 0.0627. The molecule has 0 atom stereocenters. The Labute approximate surface area is 124 Å². The zero-order valence-electron chi connectivity index (χ0n) is 12.2. The molecule has 0 aliphatic carbocycles. The molecule has 0 unspecified atom stereocenters. The van der Waals surface area contributed by atoms with Crippen molar-refractivity contribution in [2.45, 2.75) is 13.5 Å². The molecule has 2 aromatic rings. The van der Waals surface area contributed by atoms with Gasteiger partial charge in [-0.25, -0.2) is 4.98 Å². The van der Waals surface area contributed by atoms with E-state index in [0.717, 1.165) is 11.3 Å². The molecule has 1 aromatic heterocycles. The predicted molar refractivity (Wildman–Crippen MR) is 82.6 cm³/mol. The molecule has 21 heavy (non-hydrogen) atoms. The summed E-state index contributed by atoms with van der Waals surface area (Å²) in [5.74, 6) is 0.532. The standard InChI is InChI=1S/C16H19N3O2/c1-3-17-16(20)13-5-4-6-14(9-13)18-10-12-7-8-15(21-2)19-11-12/h4-9,11,18H,3,10H2,1-2H3,(H,17,20). The van der Waals surface area contributed by atoms with Gasteiger partial charge in [-0.05, 0) is 30.7 Å². The van der Waals surface area contributed by atoms with E-state index in [4.69, 9.17) is 4.74 Å². The van der Waals surface area contributed by atoms with Crippen LogP contribution < -0.4 is 15.4 Å². The number of aromatic nitrogens is 1. The number of hydrogen-bond acceptors (Lipinski definition) is 4. The number of hydrogen-bond donors (Lipinski definition) is 2. The lowest BCUT2D eigenvalue weighted by molar-refractivity contribution is 0.0956. The fourth-order valence-electron chi connectivity index (χ4n) is 1.87. The van der Waals surface area contributed by atoms with Crippen molar-refractivity contribution in [2.75, 3.05) is 19.0 Å². The highest BCUT2D eigenvalue weighted by molar-refractivity contribution is 5.95. The lowest BCUT2D eigenvalue weighted by Gasteiger charge is -2.09. The van der Waals surface area contributed by atoms with Crippen molar-refractivity contribution in [3.63, 3.8) is 0 Å². The SMILES string of the molecule is CCNC(=O)c1cccc(NCc2ccc(OC)nc2)c1. The highest BCUT2D eigenvalue weighted by Crippen LogP contribution is 2.13. The Kier molecular flexibility index (Phi) is 5.15.